The van der Waals surface area contributed by atoms with Gasteiger partial charge in [0, 0.05) is 37.5 Å². The predicted molar refractivity (Wildman–Crippen MR) is 139 cm³/mol. The van der Waals surface area contributed by atoms with Crippen molar-refractivity contribution in [1.82, 2.24) is 9.97 Å². The molecule has 34 heavy (non-hydrogen) atoms. The first kappa shape index (κ1) is 21.5. The molecule has 4 nitrogen and oxygen atoms in total. The van der Waals surface area contributed by atoms with Crippen LogP contribution < -0.4 is 9.80 Å². The summed E-state index contributed by atoms with van der Waals surface area (Å²) in [6.07, 6.45) is 6.59. The standard InChI is InChI=1S/C28H29FN4S/c29-22-11-5-6-12-23(22)32-16-18-33(19-17-32)27-26-21-10-4-7-13-24(21)34-28(26)31-25(30-27)15-14-20-8-2-1-3-9-20/h1-3,5-6,8-9,11-12H,4,7,10,13-19H2. The van der Waals surface area contributed by atoms with Gasteiger partial charge < -0.3 is 9.80 Å². The third-order valence-electron chi connectivity index (χ3n) is 7.09. The van der Waals surface area contributed by atoms with Gasteiger partial charge in [-0.2, -0.15) is 0 Å². The summed E-state index contributed by atoms with van der Waals surface area (Å²) in [4.78, 5) is 17.4. The molecule has 2 aromatic carbocycles. The molecule has 4 aromatic rings. The van der Waals surface area contributed by atoms with E-state index in [2.05, 4.69) is 40.1 Å². The second-order valence-electron chi connectivity index (χ2n) is 9.27. The normalized spacial score (nSPS) is 16.1. The zero-order valence-electron chi connectivity index (χ0n) is 19.3. The van der Waals surface area contributed by atoms with Gasteiger partial charge in [-0.05, 0) is 55.4 Å². The highest BCUT2D eigenvalue weighted by Crippen LogP contribution is 2.40. The van der Waals surface area contributed by atoms with Crippen LogP contribution in [0.25, 0.3) is 10.2 Å². The van der Waals surface area contributed by atoms with Gasteiger partial charge in [-0.25, -0.2) is 14.4 Å². The molecule has 2 aromatic heterocycles. The van der Waals surface area contributed by atoms with Crippen molar-refractivity contribution in [1.29, 1.82) is 0 Å². The molecule has 0 unspecified atom stereocenters. The molecule has 0 radical (unpaired) electrons. The summed E-state index contributed by atoms with van der Waals surface area (Å²) >= 11 is 1.88. The Morgan fingerprint density at radius 2 is 1.53 bits per heavy atom. The maximum absolute atomic E-state index is 14.4. The van der Waals surface area contributed by atoms with Crippen LogP contribution in [0.1, 0.15) is 34.7 Å². The third-order valence-corrected chi connectivity index (χ3v) is 8.28. The molecule has 0 amide bonds. The molecule has 2 aliphatic rings. The van der Waals surface area contributed by atoms with Crippen LogP contribution in [0.2, 0.25) is 0 Å². The molecule has 3 heterocycles. The quantitative estimate of drug-likeness (QED) is 0.366. The lowest BCUT2D eigenvalue weighted by atomic mass is 9.96. The summed E-state index contributed by atoms with van der Waals surface area (Å²) in [6.45, 7) is 3.25. The van der Waals surface area contributed by atoms with Gasteiger partial charge in [-0.1, -0.05) is 42.5 Å². The second kappa shape index (κ2) is 9.34. The molecule has 1 fully saturated rings. The average molecular weight is 473 g/mol. The van der Waals surface area contributed by atoms with Gasteiger partial charge in [-0.3, -0.25) is 0 Å². The zero-order valence-corrected chi connectivity index (χ0v) is 20.2. The second-order valence-corrected chi connectivity index (χ2v) is 10.3. The van der Waals surface area contributed by atoms with E-state index in [-0.39, 0.29) is 5.82 Å². The Bertz CT molecular complexity index is 1290. The van der Waals surface area contributed by atoms with E-state index in [1.54, 1.807) is 12.1 Å². The summed E-state index contributed by atoms with van der Waals surface area (Å²) in [6, 6.07) is 17.7. The van der Waals surface area contributed by atoms with E-state index >= 15 is 0 Å². The molecular formula is C28H29FN4S. The number of aryl methyl sites for hydroxylation is 4. The number of anilines is 2. The molecular weight excluding hydrogens is 443 g/mol. The first-order valence-corrected chi connectivity index (χ1v) is 13.2. The van der Waals surface area contributed by atoms with Gasteiger partial charge in [0.25, 0.3) is 0 Å². The molecule has 174 valence electrons. The van der Waals surface area contributed by atoms with E-state index < -0.39 is 0 Å². The number of piperazine rings is 1. The van der Waals surface area contributed by atoms with Crippen molar-refractivity contribution in [2.24, 2.45) is 0 Å². The van der Waals surface area contributed by atoms with Crippen molar-refractivity contribution in [2.45, 2.75) is 38.5 Å². The smallest absolute Gasteiger partial charge is 0.146 e. The molecule has 6 rings (SSSR count). The van der Waals surface area contributed by atoms with E-state index in [0.717, 1.165) is 68.3 Å². The zero-order chi connectivity index (χ0) is 22.9. The number of rotatable bonds is 5. The van der Waals surface area contributed by atoms with Gasteiger partial charge in [0.15, 0.2) is 0 Å². The van der Waals surface area contributed by atoms with Gasteiger partial charge >= 0.3 is 0 Å². The van der Waals surface area contributed by atoms with Crippen LogP contribution in [0.4, 0.5) is 15.9 Å². The molecule has 0 N–H and O–H groups in total. The lowest BCUT2D eigenvalue weighted by Crippen LogP contribution is -2.47. The first-order valence-electron chi connectivity index (χ1n) is 12.4. The van der Waals surface area contributed by atoms with Crippen LogP contribution in [-0.2, 0) is 25.7 Å². The van der Waals surface area contributed by atoms with E-state index in [1.807, 2.05) is 23.5 Å². The lowest BCUT2D eigenvalue weighted by molar-refractivity contribution is 0.596. The fraction of sp³-hybridized carbons (Fsp3) is 0.357. The highest BCUT2D eigenvalue weighted by molar-refractivity contribution is 7.19. The number of benzene rings is 2. The van der Waals surface area contributed by atoms with Crippen molar-refractivity contribution in [2.75, 3.05) is 36.0 Å². The number of para-hydroxylation sites is 1. The number of hydrogen-bond donors (Lipinski definition) is 0. The molecule has 1 saturated heterocycles. The first-order chi connectivity index (χ1) is 16.8. The SMILES string of the molecule is Fc1ccccc1N1CCN(c2nc(CCc3ccccc3)nc3sc4c(c23)CCCC4)CC1. The van der Waals surface area contributed by atoms with Crippen LogP contribution in [0.15, 0.2) is 54.6 Å². The Morgan fingerprint density at radius 3 is 2.35 bits per heavy atom. The Morgan fingerprint density at radius 1 is 0.794 bits per heavy atom. The highest BCUT2D eigenvalue weighted by Gasteiger charge is 2.26. The van der Waals surface area contributed by atoms with Crippen LogP contribution in [0.3, 0.4) is 0 Å². The van der Waals surface area contributed by atoms with Crippen molar-refractivity contribution in [3.63, 3.8) is 0 Å². The monoisotopic (exact) mass is 472 g/mol. The van der Waals surface area contributed by atoms with Crippen molar-refractivity contribution < 1.29 is 4.39 Å². The maximum Gasteiger partial charge on any atom is 0.146 e. The van der Waals surface area contributed by atoms with Gasteiger partial charge in [0.2, 0.25) is 0 Å². The Kier molecular flexibility index (Phi) is 5.91. The minimum absolute atomic E-state index is 0.143. The number of aromatic nitrogens is 2. The number of nitrogens with zero attached hydrogens (tertiary/aromatic N) is 4. The number of fused-ring (bicyclic) bond motifs is 3. The fourth-order valence-corrected chi connectivity index (χ4v) is 6.56. The van der Waals surface area contributed by atoms with Crippen molar-refractivity contribution in [3.8, 4) is 0 Å². The van der Waals surface area contributed by atoms with E-state index in [4.69, 9.17) is 9.97 Å². The van der Waals surface area contributed by atoms with Gasteiger partial charge in [0.1, 0.15) is 22.3 Å². The molecule has 0 saturated carbocycles. The van der Waals surface area contributed by atoms with Crippen LogP contribution in [-0.4, -0.2) is 36.1 Å². The minimum atomic E-state index is -0.143. The predicted octanol–water partition coefficient (Wildman–Crippen LogP) is 5.82. The van der Waals surface area contributed by atoms with Crippen molar-refractivity contribution in [3.05, 3.63) is 82.2 Å². The summed E-state index contributed by atoms with van der Waals surface area (Å²) in [5.74, 6) is 1.89. The van der Waals surface area contributed by atoms with E-state index in [1.165, 1.54) is 34.2 Å². The third kappa shape index (κ3) is 4.16. The van der Waals surface area contributed by atoms with Gasteiger partial charge in [0.05, 0.1) is 11.1 Å². The number of hydrogen-bond acceptors (Lipinski definition) is 5. The average Bonchev–Trinajstić information content (AvgIpc) is 3.27. The summed E-state index contributed by atoms with van der Waals surface area (Å²) in [7, 11) is 0. The Hall–Kier alpha value is -2.99. The summed E-state index contributed by atoms with van der Waals surface area (Å²) in [5.41, 5.74) is 3.50. The molecule has 1 aliphatic carbocycles. The molecule has 6 heteroatoms. The molecule has 0 atom stereocenters. The Labute approximate surface area is 204 Å². The maximum atomic E-state index is 14.4. The van der Waals surface area contributed by atoms with E-state index in [9.17, 15) is 4.39 Å². The van der Waals surface area contributed by atoms with Crippen LogP contribution >= 0.6 is 11.3 Å². The van der Waals surface area contributed by atoms with Crippen LogP contribution in [0, 0.1) is 5.82 Å². The highest BCUT2D eigenvalue weighted by atomic mass is 32.1. The molecule has 1 aliphatic heterocycles. The fourth-order valence-electron chi connectivity index (χ4n) is 5.29. The van der Waals surface area contributed by atoms with Gasteiger partial charge in [-0.15, -0.1) is 11.3 Å². The van der Waals surface area contributed by atoms with E-state index in [0.29, 0.717) is 5.69 Å². The topological polar surface area (TPSA) is 32.3 Å². The molecule has 0 spiro atoms. The summed E-state index contributed by atoms with van der Waals surface area (Å²) < 4.78 is 14.4. The minimum Gasteiger partial charge on any atom is -0.366 e. The Balaban J connectivity index is 1.31. The summed E-state index contributed by atoms with van der Waals surface area (Å²) in [5, 5.41) is 1.28. The largest absolute Gasteiger partial charge is 0.366 e. The lowest BCUT2D eigenvalue weighted by Gasteiger charge is -2.37. The number of halogens is 1. The molecule has 0 bridgehead atoms. The number of thiophene rings is 1. The van der Waals surface area contributed by atoms with Crippen molar-refractivity contribution >= 4 is 33.1 Å². The van der Waals surface area contributed by atoms with Crippen LogP contribution in [0.5, 0.6) is 0 Å².